The topological polar surface area (TPSA) is 83.2 Å². The first kappa shape index (κ1) is 20.5. The largest absolute Gasteiger partial charge is 0.496 e. The summed E-state index contributed by atoms with van der Waals surface area (Å²) in [7, 11) is 1.59. The minimum absolute atomic E-state index is 0.296. The maximum absolute atomic E-state index is 12.6. The minimum atomic E-state index is -1.18. The van der Waals surface area contributed by atoms with Gasteiger partial charge in [-0.15, -0.1) is 0 Å². The predicted octanol–water partition coefficient (Wildman–Crippen LogP) is 3.18. The van der Waals surface area contributed by atoms with Crippen LogP contribution in [0.15, 0.2) is 54.7 Å². The van der Waals surface area contributed by atoms with Crippen LogP contribution in [0, 0.1) is 5.41 Å². The summed E-state index contributed by atoms with van der Waals surface area (Å²) in [6.07, 6.45) is 2.65. The monoisotopic (exact) mass is 393 g/mol. The summed E-state index contributed by atoms with van der Waals surface area (Å²) in [5, 5.41) is 6.88. The molecular weight excluding hydrogens is 366 g/mol. The molecule has 6 nitrogen and oxygen atoms in total. The number of aromatic nitrogens is 1. The second kappa shape index (κ2) is 8.82. The van der Waals surface area contributed by atoms with Gasteiger partial charge in [-0.2, -0.15) is 0 Å². The van der Waals surface area contributed by atoms with Gasteiger partial charge in [-0.3, -0.25) is 9.59 Å². The van der Waals surface area contributed by atoms with Crippen molar-refractivity contribution < 1.29 is 14.3 Å². The third kappa shape index (κ3) is 4.59. The maximum Gasteiger partial charge on any atom is 0.235 e. The highest BCUT2D eigenvalue weighted by Crippen LogP contribution is 2.20. The van der Waals surface area contributed by atoms with Gasteiger partial charge in [0.1, 0.15) is 11.2 Å². The van der Waals surface area contributed by atoms with Gasteiger partial charge in [0.05, 0.1) is 7.11 Å². The number of hydrogen-bond acceptors (Lipinski definition) is 3. The summed E-state index contributed by atoms with van der Waals surface area (Å²) >= 11 is 0. The van der Waals surface area contributed by atoms with Crippen LogP contribution in [0.25, 0.3) is 10.9 Å². The van der Waals surface area contributed by atoms with Gasteiger partial charge in [0, 0.05) is 35.8 Å². The highest BCUT2D eigenvalue weighted by molar-refractivity contribution is 6.04. The molecule has 0 radical (unpaired) electrons. The van der Waals surface area contributed by atoms with E-state index in [0.29, 0.717) is 25.3 Å². The summed E-state index contributed by atoms with van der Waals surface area (Å²) in [5.41, 5.74) is 1.89. The standard InChI is InChI=1S/C23H27N3O3/c1-23(2,22(28)26-15-17-8-4-7-11-20(17)29-3)21(27)24-13-12-16-14-25-19-10-6-5-9-18(16)19/h4-11,14,25H,12-13,15H2,1-3H3,(H,24,27)(H,26,28). The van der Waals surface area contributed by atoms with E-state index in [1.54, 1.807) is 21.0 Å². The van der Waals surface area contributed by atoms with Crippen molar-refractivity contribution in [2.75, 3.05) is 13.7 Å². The van der Waals surface area contributed by atoms with Crippen LogP contribution in [-0.2, 0) is 22.6 Å². The molecular formula is C23H27N3O3. The lowest BCUT2D eigenvalue weighted by molar-refractivity contribution is -0.141. The van der Waals surface area contributed by atoms with Crippen LogP contribution in [0.1, 0.15) is 25.0 Å². The van der Waals surface area contributed by atoms with Crippen LogP contribution in [0.4, 0.5) is 0 Å². The van der Waals surface area contributed by atoms with Gasteiger partial charge in [0.2, 0.25) is 11.8 Å². The van der Waals surface area contributed by atoms with E-state index in [4.69, 9.17) is 4.74 Å². The van der Waals surface area contributed by atoms with E-state index >= 15 is 0 Å². The number of H-pyrrole nitrogens is 1. The fourth-order valence-electron chi connectivity index (χ4n) is 3.22. The number of fused-ring (bicyclic) bond motifs is 1. The number of para-hydroxylation sites is 2. The number of methoxy groups -OCH3 is 1. The summed E-state index contributed by atoms with van der Waals surface area (Å²) in [4.78, 5) is 28.5. The van der Waals surface area contributed by atoms with Gasteiger partial charge in [-0.25, -0.2) is 0 Å². The van der Waals surface area contributed by atoms with Gasteiger partial charge in [0.15, 0.2) is 0 Å². The lowest BCUT2D eigenvalue weighted by atomic mass is 9.91. The van der Waals surface area contributed by atoms with Crippen molar-refractivity contribution in [2.24, 2.45) is 5.41 Å². The van der Waals surface area contributed by atoms with E-state index in [9.17, 15) is 9.59 Å². The predicted molar refractivity (Wildman–Crippen MR) is 114 cm³/mol. The molecule has 0 aliphatic carbocycles. The van der Waals surface area contributed by atoms with Crippen molar-refractivity contribution in [3.63, 3.8) is 0 Å². The minimum Gasteiger partial charge on any atom is -0.496 e. The van der Waals surface area contributed by atoms with Gasteiger partial charge in [-0.05, 0) is 38.0 Å². The van der Waals surface area contributed by atoms with E-state index in [1.807, 2.05) is 48.7 Å². The maximum atomic E-state index is 12.6. The fraction of sp³-hybridized carbons (Fsp3) is 0.304. The first-order chi connectivity index (χ1) is 13.9. The second-order valence-corrected chi connectivity index (χ2v) is 7.48. The molecule has 3 rings (SSSR count). The Hall–Kier alpha value is -3.28. The Morgan fingerprint density at radius 2 is 1.66 bits per heavy atom. The molecule has 2 aromatic carbocycles. The molecule has 29 heavy (non-hydrogen) atoms. The molecule has 1 aromatic heterocycles. The lowest BCUT2D eigenvalue weighted by Gasteiger charge is -2.23. The normalized spacial score (nSPS) is 11.3. The van der Waals surface area contributed by atoms with Gasteiger partial charge >= 0.3 is 0 Å². The number of nitrogens with one attached hydrogen (secondary N) is 3. The van der Waals surface area contributed by atoms with E-state index in [2.05, 4.69) is 21.7 Å². The van der Waals surface area contributed by atoms with Gasteiger partial charge < -0.3 is 20.4 Å². The number of carbonyl (C=O) groups is 2. The number of ether oxygens (including phenoxy) is 1. The van der Waals surface area contributed by atoms with Crippen molar-refractivity contribution in [3.05, 3.63) is 65.9 Å². The molecule has 3 aromatic rings. The molecule has 0 unspecified atom stereocenters. The van der Waals surface area contributed by atoms with E-state index < -0.39 is 5.41 Å². The molecule has 0 saturated carbocycles. The summed E-state index contributed by atoms with van der Waals surface area (Å²) < 4.78 is 5.30. The molecule has 0 aliphatic rings. The SMILES string of the molecule is COc1ccccc1CNC(=O)C(C)(C)C(=O)NCCc1c[nH]c2ccccc12. The summed E-state index contributed by atoms with van der Waals surface area (Å²) in [6.45, 7) is 4.02. The zero-order valence-electron chi connectivity index (χ0n) is 17.0. The number of rotatable bonds is 8. The molecule has 2 amide bonds. The Labute approximate surface area is 170 Å². The fourth-order valence-corrected chi connectivity index (χ4v) is 3.22. The quantitative estimate of drug-likeness (QED) is 0.514. The molecule has 6 heteroatoms. The number of carbonyl (C=O) groups excluding carboxylic acids is 2. The van der Waals surface area contributed by atoms with Crippen molar-refractivity contribution in [1.29, 1.82) is 0 Å². The Bertz CT molecular complexity index is 1010. The zero-order chi connectivity index (χ0) is 20.9. The van der Waals surface area contributed by atoms with Gasteiger partial charge in [-0.1, -0.05) is 36.4 Å². The van der Waals surface area contributed by atoms with Crippen molar-refractivity contribution in [2.45, 2.75) is 26.8 Å². The summed E-state index contributed by atoms with van der Waals surface area (Å²) in [6, 6.07) is 15.5. The van der Waals surface area contributed by atoms with Crippen LogP contribution in [-0.4, -0.2) is 30.5 Å². The van der Waals surface area contributed by atoms with E-state index in [-0.39, 0.29) is 11.8 Å². The molecule has 0 spiro atoms. The molecule has 3 N–H and O–H groups in total. The number of amides is 2. The first-order valence-corrected chi connectivity index (χ1v) is 9.67. The van der Waals surface area contributed by atoms with Crippen molar-refractivity contribution in [3.8, 4) is 5.75 Å². The third-order valence-electron chi connectivity index (χ3n) is 5.12. The molecule has 0 fully saturated rings. The third-order valence-corrected chi connectivity index (χ3v) is 5.12. The summed E-state index contributed by atoms with van der Waals surface area (Å²) in [5.74, 6) is 0.0802. The van der Waals surface area contributed by atoms with Crippen molar-refractivity contribution in [1.82, 2.24) is 15.6 Å². The highest BCUT2D eigenvalue weighted by atomic mass is 16.5. The molecule has 1 heterocycles. The number of hydrogen-bond donors (Lipinski definition) is 3. The Kier molecular flexibility index (Phi) is 6.22. The van der Waals surface area contributed by atoms with E-state index in [1.165, 1.54) is 0 Å². The van der Waals surface area contributed by atoms with Crippen LogP contribution < -0.4 is 15.4 Å². The zero-order valence-corrected chi connectivity index (χ0v) is 17.0. The number of benzene rings is 2. The molecule has 0 atom stereocenters. The average Bonchev–Trinajstić information content (AvgIpc) is 3.15. The first-order valence-electron chi connectivity index (χ1n) is 9.67. The molecule has 0 bridgehead atoms. The molecule has 0 aliphatic heterocycles. The number of aromatic amines is 1. The Balaban J connectivity index is 1.54. The average molecular weight is 393 g/mol. The van der Waals surface area contributed by atoms with Crippen LogP contribution in [0.5, 0.6) is 5.75 Å². The van der Waals surface area contributed by atoms with Crippen molar-refractivity contribution >= 4 is 22.7 Å². The van der Waals surface area contributed by atoms with Crippen LogP contribution in [0.2, 0.25) is 0 Å². The smallest absolute Gasteiger partial charge is 0.235 e. The Morgan fingerprint density at radius 3 is 2.45 bits per heavy atom. The molecule has 0 saturated heterocycles. The van der Waals surface area contributed by atoms with Crippen LogP contribution in [0.3, 0.4) is 0 Å². The second-order valence-electron chi connectivity index (χ2n) is 7.48. The molecule has 152 valence electrons. The highest BCUT2D eigenvalue weighted by Gasteiger charge is 2.35. The van der Waals surface area contributed by atoms with Gasteiger partial charge in [0.25, 0.3) is 0 Å². The van der Waals surface area contributed by atoms with E-state index in [0.717, 1.165) is 22.0 Å². The van der Waals surface area contributed by atoms with Crippen LogP contribution >= 0.6 is 0 Å². The Morgan fingerprint density at radius 1 is 0.966 bits per heavy atom. The lowest BCUT2D eigenvalue weighted by Crippen LogP contribution is -2.48.